The van der Waals surface area contributed by atoms with Crippen LogP contribution in [0.15, 0.2) is 12.3 Å². The molecule has 0 aromatic carbocycles. The molecule has 1 unspecified atom stereocenters. The maximum Gasteiger partial charge on any atom is 0.0639 e. The third-order valence-electron chi connectivity index (χ3n) is 2.01. The van der Waals surface area contributed by atoms with E-state index in [1.54, 1.807) is 0 Å². The molecule has 13 heavy (non-hydrogen) atoms. The van der Waals surface area contributed by atoms with E-state index in [4.69, 9.17) is 5.73 Å². The van der Waals surface area contributed by atoms with Crippen molar-refractivity contribution in [3.63, 3.8) is 0 Å². The Balaban J connectivity index is 2.40. The summed E-state index contributed by atoms with van der Waals surface area (Å²) >= 11 is 0. The lowest BCUT2D eigenvalue weighted by molar-refractivity contribution is 0.488. The van der Waals surface area contributed by atoms with Gasteiger partial charge < -0.3 is 5.73 Å². The van der Waals surface area contributed by atoms with Gasteiger partial charge in [-0.3, -0.25) is 4.68 Å². The molecule has 1 aromatic heterocycles. The Morgan fingerprint density at radius 1 is 1.54 bits per heavy atom. The quantitative estimate of drug-likeness (QED) is 0.761. The second kappa shape index (κ2) is 4.42. The maximum atomic E-state index is 5.97. The highest BCUT2D eigenvalue weighted by Crippen LogP contribution is 2.07. The first-order valence-corrected chi connectivity index (χ1v) is 4.82. The van der Waals surface area contributed by atoms with Crippen LogP contribution in [-0.4, -0.2) is 15.8 Å². The second-order valence-electron chi connectivity index (χ2n) is 4.07. The Bertz CT molecular complexity index is 252. The first-order chi connectivity index (χ1) is 6.08. The summed E-state index contributed by atoms with van der Waals surface area (Å²) in [6.07, 6.45) is 3.91. The van der Waals surface area contributed by atoms with E-state index in [9.17, 15) is 0 Å². The summed E-state index contributed by atoms with van der Waals surface area (Å²) < 4.78 is 1.82. The Morgan fingerprint density at radius 3 is 2.69 bits per heavy atom. The van der Waals surface area contributed by atoms with E-state index in [2.05, 4.69) is 18.9 Å². The molecule has 1 heterocycles. The number of hydrogen-bond donors (Lipinski definition) is 1. The number of hydrogen-bond acceptors (Lipinski definition) is 2. The van der Waals surface area contributed by atoms with Crippen molar-refractivity contribution in [1.82, 2.24) is 9.78 Å². The van der Waals surface area contributed by atoms with Crippen LogP contribution < -0.4 is 5.73 Å². The largest absolute Gasteiger partial charge is 0.327 e. The molecule has 1 aromatic rings. The predicted molar refractivity (Wildman–Crippen MR) is 54.3 cm³/mol. The summed E-state index contributed by atoms with van der Waals surface area (Å²) in [6.45, 7) is 4.39. The third-order valence-corrected chi connectivity index (χ3v) is 2.01. The van der Waals surface area contributed by atoms with Crippen molar-refractivity contribution in [2.24, 2.45) is 18.7 Å². The zero-order valence-electron chi connectivity index (χ0n) is 8.70. The first-order valence-electron chi connectivity index (χ1n) is 4.82. The van der Waals surface area contributed by atoms with Gasteiger partial charge >= 0.3 is 0 Å². The Hall–Kier alpha value is -0.830. The topological polar surface area (TPSA) is 43.8 Å². The van der Waals surface area contributed by atoms with Crippen LogP contribution in [0.5, 0.6) is 0 Å². The van der Waals surface area contributed by atoms with Gasteiger partial charge in [0.05, 0.1) is 5.69 Å². The van der Waals surface area contributed by atoms with E-state index in [0.29, 0.717) is 5.92 Å². The fourth-order valence-electron chi connectivity index (χ4n) is 1.53. The van der Waals surface area contributed by atoms with Crippen LogP contribution in [0.25, 0.3) is 0 Å². The standard InChI is InChI=1S/C10H19N3/c1-8(2)6-9(11)7-10-4-5-13(3)12-10/h4-5,8-9H,6-7,11H2,1-3H3. The Morgan fingerprint density at radius 2 is 2.23 bits per heavy atom. The average molecular weight is 181 g/mol. The van der Waals surface area contributed by atoms with Gasteiger partial charge in [0.15, 0.2) is 0 Å². The first kappa shape index (κ1) is 10.3. The molecule has 0 aliphatic carbocycles. The molecule has 2 N–H and O–H groups in total. The summed E-state index contributed by atoms with van der Waals surface area (Å²) in [6, 6.07) is 2.27. The predicted octanol–water partition coefficient (Wildman–Crippen LogP) is 1.34. The molecule has 74 valence electrons. The number of nitrogens with two attached hydrogens (primary N) is 1. The normalized spacial score (nSPS) is 13.6. The lowest BCUT2D eigenvalue weighted by Gasteiger charge is -2.11. The van der Waals surface area contributed by atoms with Gasteiger partial charge in [0.1, 0.15) is 0 Å². The van der Waals surface area contributed by atoms with Crippen molar-refractivity contribution < 1.29 is 0 Å². The highest BCUT2D eigenvalue weighted by atomic mass is 15.2. The van der Waals surface area contributed by atoms with Gasteiger partial charge in [0.2, 0.25) is 0 Å². The Labute approximate surface area is 79.9 Å². The van der Waals surface area contributed by atoms with E-state index in [0.717, 1.165) is 18.5 Å². The fourth-order valence-corrected chi connectivity index (χ4v) is 1.53. The second-order valence-corrected chi connectivity index (χ2v) is 4.07. The van der Waals surface area contributed by atoms with Gasteiger partial charge in [0, 0.05) is 25.7 Å². The van der Waals surface area contributed by atoms with Crippen LogP contribution in [0.1, 0.15) is 26.0 Å². The van der Waals surface area contributed by atoms with Crippen LogP contribution in [0.4, 0.5) is 0 Å². The van der Waals surface area contributed by atoms with Crippen LogP contribution in [0.3, 0.4) is 0 Å². The Kier molecular flexibility index (Phi) is 3.48. The zero-order valence-corrected chi connectivity index (χ0v) is 8.70. The molecule has 3 nitrogen and oxygen atoms in total. The molecule has 0 saturated heterocycles. The monoisotopic (exact) mass is 181 g/mol. The minimum atomic E-state index is 0.245. The minimum absolute atomic E-state index is 0.245. The third kappa shape index (κ3) is 3.59. The lowest BCUT2D eigenvalue weighted by atomic mass is 10.0. The molecule has 0 saturated carbocycles. The fraction of sp³-hybridized carbons (Fsp3) is 0.700. The highest BCUT2D eigenvalue weighted by Gasteiger charge is 2.07. The molecular weight excluding hydrogens is 162 g/mol. The summed E-state index contributed by atoms with van der Waals surface area (Å²) in [5, 5.41) is 4.29. The van der Waals surface area contributed by atoms with Crippen molar-refractivity contribution in [3.8, 4) is 0 Å². The summed E-state index contributed by atoms with van der Waals surface area (Å²) in [4.78, 5) is 0. The molecule has 0 spiro atoms. The van der Waals surface area contributed by atoms with Crippen molar-refractivity contribution >= 4 is 0 Å². The smallest absolute Gasteiger partial charge is 0.0639 e. The summed E-state index contributed by atoms with van der Waals surface area (Å²) in [7, 11) is 1.93. The molecule has 0 fully saturated rings. The van der Waals surface area contributed by atoms with Crippen LogP contribution in [-0.2, 0) is 13.5 Å². The van der Waals surface area contributed by atoms with Gasteiger partial charge in [-0.15, -0.1) is 0 Å². The van der Waals surface area contributed by atoms with Crippen molar-refractivity contribution in [2.75, 3.05) is 0 Å². The number of aromatic nitrogens is 2. The zero-order chi connectivity index (χ0) is 9.84. The van der Waals surface area contributed by atoms with Gasteiger partial charge in [-0.05, 0) is 18.4 Å². The molecule has 1 atom stereocenters. The van der Waals surface area contributed by atoms with Crippen molar-refractivity contribution in [2.45, 2.75) is 32.7 Å². The van der Waals surface area contributed by atoms with E-state index >= 15 is 0 Å². The van der Waals surface area contributed by atoms with Crippen LogP contribution in [0.2, 0.25) is 0 Å². The molecule has 1 rings (SSSR count). The summed E-state index contributed by atoms with van der Waals surface area (Å²) in [5.74, 6) is 0.665. The molecule has 0 amide bonds. The average Bonchev–Trinajstić information content (AvgIpc) is 2.33. The molecular formula is C10H19N3. The van der Waals surface area contributed by atoms with Crippen LogP contribution in [0, 0.1) is 5.92 Å². The highest BCUT2D eigenvalue weighted by molar-refractivity contribution is 5.00. The lowest BCUT2D eigenvalue weighted by Crippen LogP contribution is -2.24. The SMILES string of the molecule is CC(C)CC(N)Cc1ccn(C)n1. The molecule has 0 bridgehead atoms. The van der Waals surface area contributed by atoms with Gasteiger partial charge in [-0.25, -0.2) is 0 Å². The number of nitrogens with zero attached hydrogens (tertiary/aromatic N) is 2. The molecule has 3 heteroatoms. The number of aryl methyl sites for hydroxylation is 1. The van der Waals surface area contributed by atoms with Crippen molar-refractivity contribution in [1.29, 1.82) is 0 Å². The van der Waals surface area contributed by atoms with E-state index in [-0.39, 0.29) is 6.04 Å². The molecule has 0 aliphatic rings. The van der Waals surface area contributed by atoms with E-state index in [1.165, 1.54) is 0 Å². The summed E-state index contributed by atoms with van der Waals surface area (Å²) in [5.41, 5.74) is 7.06. The van der Waals surface area contributed by atoms with Gasteiger partial charge in [-0.2, -0.15) is 5.10 Å². The van der Waals surface area contributed by atoms with Gasteiger partial charge in [-0.1, -0.05) is 13.8 Å². The maximum absolute atomic E-state index is 5.97. The molecule has 0 aliphatic heterocycles. The minimum Gasteiger partial charge on any atom is -0.327 e. The van der Waals surface area contributed by atoms with E-state index in [1.807, 2.05) is 24.0 Å². The van der Waals surface area contributed by atoms with Crippen LogP contribution >= 0.6 is 0 Å². The molecule has 0 radical (unpaired) electrons. The van der Waals surface area contributed by atoms with Gasteiger partial charge in [0.25, 0.3) is 0 Å². The van der Waals surface area contributed by atoms with E-state index < -0.39 is 0 Å². The van der Waals surface area contributed by atoms with Crippen molar-refractivity contribution in [3.05, 3.63) is 18.0 Å². The number of rotatable bonds is 4.